The van der Waals surface area contributed by atoms with Crippen molar-refractivity contribution in [2.75, 3.05) is 49.5 Å². The number of halogens is 4. The Morgan fingerprint density at radius 2 is 1.93 bits per heavy atom. The second-order valence-electron chi connectivity index (χ2n) is 10.3. The van der Waals surface area contributed by atoms with Crippen LogP contribution in [0.15, 0.2) is 30.6 Å². The summed E-state index contributed by atoms with van der Waals surface area (Å²) in [6, 6.07) is 5.73. The fourth-order valence-corrected chi connectivity index (χ4v) is 6.44. The molecule has 2 saturated heterocycles. The number of likely N-dealkylation sites (tertiary alicyclic amines) is 1. The number of aromatic nitrogens is 3. The molecule has 220 valence electrons. The summed E-state index contributed by atoms with van der Waals surface area (Å²) < 4.78 is 40.7. The molecule has 5 rings (SSSR count). The molecule has 14 heteroatoms. The van der Waals surface area contributed by atoms with Crippen LogP contribution in [0.3, 0.4) is 0 Å². The van der Waals surface area contributed by atoms with Crippen molar-refractivity contribution in [3.8, 4) is 11.3 Å². The van der Waals surface area contributed by atoms with Gasteiger partial charge in [-0.15, -0.1) is 0 Å². The smallest absolute Gasteiger partial charge is 0.416 e. The fourth-order valence-electron chi connectivity index (χ4n) is 5.19. The predicted octanol–water partition coefficient (Wildman–Crippen LogP) is 5.60. The van der Waals surface area contributed by atoms with E-state index in [9.17, 15) is 18.0 Å². The summed E-state index contributed by atoms with van der Waals surface area (Å²) in [6.45, 7) is 7.03. The first-order chi connectivity index (χ1) is 19.5. The summed E-state index contributed by atoms with van der Waals surface area (Å²) in [7, 11) is 0. The summed E-state index contributed by atoms with van der Waals surface area (Å²) in [6.07, 6.45) is -0.801. The minimum atomic E-state index is -4.53. The van der Waals surface area contributed by atoms with E-state index < -0.39 is 17.7 Å². The zero-order valence-electron chi connectivity index (χ0n) is 22.5. The standard InChI is InChI=1S/C27H31ClF3N7O2S/c1-17-3-2-5-38(17)15-21-25(18-11-19(27(29,30)31)13-20(28)12-18)35-26(41-21)34-22-14-23(33-16-32-22)37-9-7-36(8-10-37)6-4-24(39)40/h11-14,16-17H,2-10,15H2,1H3,(H,39,40)(H,32,33,34,35)/t17-/m1/s1. The van der Waals surface area contributed by atoms with Gasteiger partial charge in [-0.2, -0.15) is 13.2 Å². The molecule has 2 aliphatic heterocycles. The van der Waals surface area contributed by atoms with Gasteiger partial charge in [-0.25, -0.2) is 15.0 Å². The fraction of sp³-hybridized carbons (Fsp3) is 0.481. The molecule has 0 spiro atoms. The van der Waals surface area contributed by atoms with Crippen LogP contribution in [0.1, 0.15) is 36.6 Å². The molecule has 0 radical (unpaired) electrons. The molecular weight excluding hydrogens is 579 g/mol. The Morgan fingerprint density at radius 3 is 2.61 bits per heavy atom. The number of nitrogens with zero attached hydrogens (tertiary/aromatic N) is 6. The van der Waals surface area contributed by atoms with Gasteiger partial charge in [0, 0.05) is 66.8 Å². The van der Waals surface area contributed by atoms with Gasteiger partial charge in [-0.3, -0.25) is 14.6 Å². The number of carbonyl (C=O) groups is 1. The number of piperazine rings is 1. The van der Waals surface area contributed by atoms with Gasteiger partial charge in [0.15, 0.2) is 5.13 Å². The lowest BCUT2D eigenvalue weighted by Crippen LogP contribution is -2.47. The van der Waals surface area contributed by atoms with Crippen LogP contribution >= 0.6 is 22.9 Å². The van der Waals surface area contributed by atoms with Crippen LogP contribution in [0.4, 0.5) is 29.9 Å². The largest absolute Gasteiger partial charge is 0.481 e. The second-order valence-corrected chi connectivity index (χ2v) is 11.9. The summed E-state index contributed by atoms with van der Waals surface area (Å²) in [5.74, 6) is 0.443. The Hall–Kier alpha value is -3.00. The zero-order chi connectivity index (χ0) is 29.1. The van der Waals surface area contributed by atoms with Crippen LogP contribution in [-0.2, 0) is 17.5 Å². The van der Waals surface area contributed by atoms with Gasteiger partial charge in [0.1, 0.15) is 18.0 Å². The molecule has 41 heavy (non-hydrogen) atoms. The van der Waals surface area contributed by atoms with E-state index in [1.807, 2.05) is 6.07 Å². The number of hydrogen-bond donors (Lipinski definition) is 2. The van der Waals surface area contributed by atoms with Gasteiger partial charge < -0.3 is 15.3 Å². The summed E-state index contributed by atoms with van der Waals surface area (Å²) in [5, 5.41) is 12.7. The Morgan fingerprint density at radius 1 is 1.15 bits per heavy atom. The monoisotopic (exact) mass is 609 g/mol. The molecular formula is C27H31ClF3N7O2S. The first kappa shape index (κ1) is 29.5. The molecule has 0 aliphatic carbocycles. The highest BCUT2D eigenvalue weighted by Gasteiger charge is 2.32. The van der Waals surface area contributed by atoms with Crippen LogP contribution in [0.2, 0.25) is 5.02 Å². The quantitative estimate of drug-likeness (QED) is 0.321. The molecule has 0 bridgehead atoms. The van der Waals surface area contributed by atoms with E-state index in [2.05, 4.69) is 36.9 Å². The van der Waals surface area contributed by atoms with Crippen molar-refractivity contribution in [2.45, 2.75) is 44.9 Å². The van der Waals surface area contributed by atoms with Crippen molar-refractivity contribution in [3.63, 3.8) is 0 Å². The maximum Gasteiger partial charge on any atom is 0.416 e. The van der Waals surface area contributed by atoms with E-state index in [1.54, 1.807) is 0 Å². The number of hydrogen-bond acceptors (Lipinski definition) is 9. The van der Waals surface area contributed by atoms with Crippen molar-refractivity contribution in [2.24, 2.45) is 0 Å². The normalized spacial score (nSPS) is 18.7. The molecule has 4 heterocycles. The van der Waals surface area contributed by atoms with Crippen LogP contribution in [0, 0.1) is 0 Å². The molecule has 9 nitrogen and oxygen atoms in total. The number of alkyl halides is 3. The minimum Gasteiger partial charge on any atom is -0.481 e. The summed E-state index contributed by atoms with van der Waals surface area (Å²) in [4.78, 5) is 31.7. The third-order valence-corrected chi connectivity index (χ3v) is 8.63. The molecule has 0 saturated carbocycles. The molecule has 0 amide bonds. The number of thiazole rings is 1. The number of aliphatic carboxylic acids is 1. The van der Waals surface area contributed by atoms with Crippen LogP contribution < -0.4 is 10.2 Å². The highest BCUT2D eigenvalue weighted by molar-refractivity contribution is 7.16. The number of nitrogens with one attached hydrogen (secondary N) is 1. The van der Waals surface area contributed by atoms with Crippen molar-refractivity contribution < 1.29 is 23.1 Å². The Kier molecular flexibility index (Phi) is 8.97. The van der Waals surface area contributed by atoms with E-state index in [0.717, 1.165) is 55.3 Å². The third-order valence-electron chi connectivity index (χ3n) is 7.46. The van der Waals surface area contributed by atoms with E-state index >= 15 is 0 Å². The molecule has 2 fully saturated rings. The summed E-state index contributed by atoms with van der Waals surface area (Å²) in [5.41, 5.74) is -0.0250. The van der Waals surface area contributed by atoms with E-state index in [1.165, 1.54) is 23.7 Å². The lowest BCUT2D eigenvalue weighted by atomic mass is 10.1. The molecule has 2 N–H and O–H groups in total. The SMILES string of the molecule is C[C@@H]1CCCN1Cc1sc(Nc2cc(N3CCN(CCC(=O)O)CC3)ncn2)nc1-c1cc(Cl)cc(C(F)(F)F)c1. The second kappa shape index (κ2) is 12.5. The van der Waals surface area contributed by atoms with Crippen molar-refractivity contribution in [1.82, 2.24) is 24.8 Å². The number of benzene rings is 1. The molecule has 1 atom stereocenters. The summed E-state index contributed by atoms with van der Waals surface area (Å²) >= 11 is 7.51. The number of rotatable bonds is 9. The Balaban J connectivity index is 1.37. The van der Waals surface area contributed by atoms with Gasteiger partial charge >= 0.3 is 12.1 Å². The lowest BCUT2D eigenvalue weighted by molar-refractivity contribution is -0.138. The lowest BCUT2D eigenvalue weighted by Gasteiger charge is -2.35. The van der Waals surface area contributed by atoms with Crippen molar-refractivity contribution in [3.05, 3.63) is 46.1 Å². The van der Waals surface area contributed by atoms with Gasteiger partial charge in [-0.05, 0) is 44.5 Å². The predicted molar refractivity (Wildman–Crippen MR) is 153 cm³/mol. The van der Waals surface area contributed by atoms with E-state index in [4.69, 9.17) is 21.7 Å². The molecule has 3 aromatic rings. The van der Waals surface area contributed by atoms with Gasteiger partial charge in [0.25, 0.3) is 0 Å². The van der Waals surface area contributed by atoms with Gasteiger partial charge in [-0.1, -0.05) is 22.9 Å². The van der Waals surface area contributed by atoms with Crippen molar-refractivity contribution >= 4 is 45.7 Å². The van der Waals surface area contributed by atoms with Crippen LogP contribution in [0.25, 0.3) is 11.3 Å². The topological polar surface area (TPSA) is 97.7 Å². The first-order valence-corrected chi connectivity index (χ1v) is 14.6. The first-order valence-electron chi connectivity index (χ1n) is 13.5. The number of carboxylic acid groups (broad SMARTS) is 1. The molecule has 1 aromatic carbocycles. The third kappa shape index (κ3) is 7.45. The molecule has 2 aromatic heterocycles. The Bertz CT molecular complexity index is 1380. The average Bonchev–Trinajstić information content (AvgIpc) is 3.52. The zero-order valence-corrected chi connectivity index (χ0v) is 24.1. The van der Waals surface area contributed by atoms with E-state index in [0.29, 0.717) is 54.4 Å². The Labute approximate surface area is 245 Å². The number of anilines is 3. The van der Waals surface area contributed by atoms with Crippen LogP contribution in [0.5, 0.6) is 0 Å². The van der Waals surface area contributed by atoms with Crippen molar-refractivity contribution in [1.29, 1.82) is 0 Å². The molecule has 2 aliphatic rings. The minimum absolute atomic E-state index is 0.00123. The van der Waals surface area contributed by atoms with E-state index in [-0.39, 0.29) is 11.4 Å². The van der Waals surface area contributed by atoms with Crippen LogP contribution in [-0.4, -0.2) is 81.1 Å². The number of carboxylic acids is 1. The maximum absolute atomic E-state index is 13.6. The molecule has 0 unspecified atom stereocenters. The highest BCUT2D eigenvalue weighted by atomic mass is 35.5. The van der Waals surface area contributed by atoms with Gasteiger partial charge in [0.2, 0.25) is 0 Å². The average molecular weight is 610 g/mol. The van der Waals surface area contributed by atoms with Gasteiger partial charge in [0.05, 0.1) is 17.7 Å². The maximum atomic E-state index is 13.6. The highest BCUT2D eigenvalue weighted by Crippen LogP contribution is 2.39.